The molecule has 0 saturated carbocycles. The number of rotatable bonds is 55. The van der Waals surface area contributed by atoms with Crippen LogP contribution in [0.4, 0.5) is 0 Å². The van der Waals surface area contributed by atoms with Gasteiger partial charge in [-0.15, -0.1) is 0 Å². The van der Waals surface area contributed by atoms with Crippen molar-refractivity contribution in [3.8, 4) is 0 Å². The molecular weight excluding hydrogens is 839 g/mol. The van der Waals surface area contributed by atoms with Crippen LogP contribution in [-0.2, 0) is 14.3 Å². The number of amides is 1. The predicted octanol–water partition coefficient (Wildman–Crippen LogP) is 18.6. The van der Waals surface area contributed by atoms with Gasteiger partial charge in [-0.25, -0.2) is 0 Å². The first kappa shape index (κ1) is 65.8. The van der Waals surface area contributed by atoms with Crippen LogP contribution in [-0.4, -0.2) is 47.4 Å². The zero-order valence-corrected chi connectivity index (χ0v) is 45.3. The van der Waals surface area contributed by atoms with Crippen LogP contribution >= 0.6 is 0 Å². The Labute approximate surface area is 423 Å². The van der Waals surface area contributed by atoms with Gasteiger partial charge in [-0.2, -0.15) is 0 Å². The standard InChI is InChI=1S/C62H115NO5/c1-3-5-7-9-11-13-15-17-18-19-26-29-32-36-40-44-48-52-56-62(67)68-57-53-49-45-41-37-33-30-27-24-22-20-21-23-25-28-31-35-39-43-47-51-55-61(66)63-59(58-64)60(65)54-50-46-42-38-34-16-14-12-10-8-6-4-2/h13,15,18-19,21,23,50,54,59-60,64-65H,3-12,14,16-17,20,22,24-49,51-53,55-58H2,1-2H3,(H,63,66)/b15-13-,19-18-,23-21-,54-50+. The summed E-state index contributed by atoms with van der Waals surface area (Å²) in [5.74, 6) is -0.0773. The molecule has 2 unspecified atom stereocenters. The topological polar surface area (TPSA) is 95.9 Å². The number of aliphatic hydroxyl groups is 2. The third-order valence-electron chi connectivity index (χ3n) is 13.6. The third kappa shape index (κ3) is 53.2. The highest BCUT2D eigenvalue weighted by molar-refractivity contribution is 5.76. The van der Waals surface area contributed by atoms with E-state index in [1.807, 2.05) is 6.08 Å². The number of aliphatic hydroxyl groups excluding tert-OH is 2. The summed E-state index contributed by atoms with van der Waals surface area (Å²) in [7, 11) is 0. The number of allylic oxidation sites excluding steroid dienone is 7. The molecule has 0 fully saturated rings. The maximum absolute atomic E-state index is 12.4. The highest BCUT2D eigenvalue weighted by Gasteiger charge is 2.18. The highest BCUT2D eigenvalue weighted by Crippen LogP contribution is 2.16. The molecule has 0 aromatic heterocycles. The van der Waals surface area contributed by atoms with Crippen LogP contribution < -0.4 is 5.32 Å². The minimum Gasteiger partial charge on any atom is -0.466 e. The summed E-state index contributed by atoms with van der Waals surface area (Å²) >= 11 is 0. The van der Waals surface area contributed by atoms with Crippen LogP contribution in [0, 0.1) is 0 Å². The lowest BCUT2D eigenvalue weighted by Crippen LogP contribution is -2.45. The lowest BCUT2D eigenvalue weighted by atomic mass is 10.0. The number of esters is 1. The predicted molar refractivity (Wildman–Crippen MR) is 296 cm³/mol. The van der Waals surface area contributed by atoms with E-state index in [1.54, 1.807) is 6.08 Å². The van der Waals surface area contributed by atoms with E-state index in [0.29, 0.717) is 19.4 Å². The molecule has 0 aliphatic carbocycles. The van der Waals surface area contributed by atoms with E-state index in [9.17, 15) is 19.8 Å². The molecular formula is C62H115NO5. The van der Waals surface area contributed by atoms with Crippen molar-refractivity contribution in [2.24, 2.45) is 0 Å². The molecule has 0 spiro atoms. The fraction of sp³-hybridized carbons (Fsp3) is 0.839. The molecule has 0 aromatic rings. The Morgan fingerprint density at radius 3 is 1.15 bits per heavy atom. The number of carbonyl (C=O) groups excluding carboxylic acids is 2. The van der Waals surface area contributed by atoms with E-state index in [2.05, 4.69) is 55.6 Å². The summed E-state index contributed by atoms with van der Waals surface area (Å²) in [5, 5.41) is 23.0. The minimum atomic E-state index is -0.849. The Morgan fingerprint density at radius 1 is 0.412 bits per heavy atom. The van der Waals surface area contributed by atoms with E-state index in [4.69, 9.17) is 4.74 Å². The van der Waals surface area contributed by atoms with Crippen molar-refractivity contribution in [3.63, 3.8) is 0 Å². The first-order valence-electron chi connectivity index (χ1n) is 29.9. The molecule has 0 heterocycles. The first-order chi connectivity index (χ1) is 33.5. The number of hydrogen-bond acceptors (Lipinski definition) is 5. The van der Waals surface area contributed by atoms with Gasteiger partial charge in [0.05, 0.1) is 25.4 Å². The Balaban J connectivity index is 3.43. The zero-order valence-electron chi connectivity index (χ0n) is 45.3. The average Bonchev–Trinajstić information content (AvgIpc) is 3.34. The van der Waals surface area contributed by atoms with E-state index >= 15 is 0 Å². The molecule has 0 aliphatic heterocycles. The van der Waals surface area contributed by atoms with Gasteiger partial charge >= 0.3 is 5.97 Å². The molecule has 1 amide bonds. The minimum absolute atomic E-state index is 0.000258. The van der Waals surface area contributed by atoms with Crippen molar-refractivity contribution in [2.45, 2.75) is 321 Å². The molecule has 0 bridgehead atoms. The van der Waals surface area contributed by atoms with E-state index in [-0.39, 0.29) is 18.5 Å². The summed E-state index contributed by atoms with van der Waals surface area (Å²) in [4.78, 5) is 24.5. The molecule has 6 nitrogen and oxygen atoms in total. The first-order valence-corrected chi connectivity index (χ1v) is 29.9. The van der Waals surface area contributed by atoms with Gasteiger partial charge in [0.15, 0.2) is 0 Å². The summed E-state index contributed by atoms with van der Waals surface area (Å²) in [6.07, 6.45) is 72.8. The molecule has 0 radical (unpaired) electrons. The van der Waals surface area contributed by atoms with Gasteiger partial charge in [-0.1, -0.05) is 255 Å². The van der Waals surface area contributed by atoms with Crippen molar-refractivity contribution in [1.82, 2.24) is 5.32 Å². The van der Waals surface area contributed by atoms with Crippen LogP contribution in [0.5, 0.6) is 0 Å². The Hall–Kier alpha value is -2.18. The number of hydrogen-bond donors (Lipinski definition) is 3. The molecule has 0 saturated heterocycles. The molecule has 68 heavy (non-hydrogen) atoms. The zero-order chi connectivity index (χ0) is 49.3. The average molecular weight is 955 g/mol. The van der Waals surface area contributed by atoms with E-state index in [1.165, 1.54) is 225 Å². The third-order valence-corrected chi connectivity index (χ3v) is 13.6. The van der Waals surface area contributed by atoms with Crippen molar-refractivity contribution in [1.29, 1.82) is 0 Å². The van der Waals surface area contributed by atoms with E-state index < -0.39 is 12.1 Å². The molecule has 0 aromatic carbocycles. The Morgan fingerprint density at radius 2 is 0.735 bits per heavy atom. The SMILES string of the molecule is CCCCCC/C=C\C/C=C\CCCCCCCCCC(=O)OCCCCCCCCCCCC/C=C\CCCCCCCCCC(=O)NC(CO)C(O)/C=C/CCCCCCCCCCCC. The monoisotopic (exact) mass is 954 g/mol. The molecule has 2 atom stereocenters. The fourth-order valence-electron chi connectivity index (χ4n) is 8.95. The fourth-order valence-corrected chi connectivity index (χ4v) is 8.95. The molecule has 6 heteroatoms. The lowest BCUT2D eigenvalue weighted by molar-refractivity contribution is -0.143. The van der Waals surface area contributed by atoms with Gasteiger partial charge in [-0.3, -0.25) is 9.59 Å². The second kappa shape index (κ2) is 57.4. The van der Waals surface area contributed by atoms with E-state index in [0.717, 1.165) is 57.8 Å². The van der Waals surface area contributed by atoms with Crippen LogP contribution in [0.2, 0.25) is 0 Å². The van der Waals surface area contributed by atoms with Gasteiger partial charge in [0.1, 0.15) is 0 Å². The van der Waals surface area contributed by atoms with Gasteiger partial charge in [-0.05, 0) is 89.9 Å². The number of ether oxygens (including phenoxy) is 1. The van der Waals surface area contributed by atoms with Gasteiger partial charge in [0.25, 0.3) is 0 Å². The molecule has 398 valence electrons. The summed E-state index contributed by atoms with van der Waals surface area (Å²) in [5.41, 5.74) is 0. The molecule has 0 aliphatic rings. The Bertz CT molecular complexity index is 1150. The van der Waals surface area contributed by atoms with Crippen molar-refractivity contribution >= 4 is 11.9 Å². The lowest BCUT2D eigenvalue weighted by Gasteiger charge is -2.20. The van der Waals surface area contributed by atoms with Gasteiger partial charge in [0.2, 0.25) is 5.91 Å². The summed E-state index contributed by atoms with van der Waals surface area (Å²) in [6.45, 7) is 4.87. The van der Waals surface area contributed by atoms with Gasteiger partial charge in [0, 0.05) is 12.8 Å². The molecule has 0 rings (SSSR count). The van der Waals surface area contributed by atoms with Crippen LogP contribution in [0.25, 0.3) is 0 Å². The second-order valence-corrected chi connectivity index (χ2v) is 20.3. The maximum Gasteiger partial charge on any atom is 0.305 e. The maximum atomic E-state index is 12.4. The summed E-state index contributed by atoms with van der Waals surface area (Å²) in [6, 6.07) is -0.633. The number of nitrogens with one attached hydrogen (secondary N) is 1. The van der Waals surface area contributed by atoms with Crippen molar-refractivity contribution in [2.75, 3.05) is 13.2 Å². The normalized spacial score (nSPS) is 12.9. The number of carbonyl (C=O) groups is 2. The molecule has 3 N–H and O–H groups in total. The smallest absolute Gasteiger partial charge is 0.305 e. The Kier molecular flexibility index (Phi) is 55.6. The van der Waals surface area contributed by atoms with Crippen molar-refractivity contribution in [3.05, 3.63) is 48.6 Å². The highest BCUT2D eigenvalue weighted by atomic mass is 16.5. The van der Waals surface area contributed by atoms with Gasteiger partial charge < -0.3 is 20.3 Å². The quantitative estimate of drug-likeness (QED) is 0.0321. The number of unbranched alkanes of at least 4 members (excludes halogenated alkanes) is 38. The van der Waals surface area contributed by atoms with Crippen LogP contribution in [0.1, 0.15) is 309 Å². The van der Waals surface area contributed by atoms with Crippen molar-refractivity contribution < 1.29 is 24.5 Å². The second-order valence-electron chi connectivity index (χ2n) is 20.3. The van der Waals surface area contributed by atoms with Crippen LogP contribution in [0.3, 0.4) is 0 Å². The largest absolute Gasteiger partial charge is 0.466 e. The summed E-state index contributed by atoms with van der Waals surface area (Å²) < 4.78 is 5.49. The van der Waals surface area contributed by atoms with Crippen LogP contribution in [0.15, 0.2) is 48.6 Å².